The lowest BCUT2D eigenvalue weighted by Crippen LogP contribution is -1.98. The van der Waals surface area contributed by atoms with Crippen molar-refractivity contribution in [2.24, 2.45) is 10.2 Å². The highest BCUT2D eigenvalue weighted by Crippen LogP contribution is 2.31. The number of phenolic OH excluding ortho intramolecular Hbond substituents is 1. The van der Waals surface area contributed by atoms with Crippen molar-refractivity contribution in [3.05, 3.63) is 42.0 Å². The molecule has 10 heteroatoms. The number of benzene rings is 2. The average Bonchev–Trinajstić information content (AvgIpc) is 2.46. The first kappa shape index (κ1) is 16.4. The second kappa shape index (κ2) is 6.02. The maximum absolute atomic E-state index is 11.1. The molecular formula is C13H11N3O6S. The Morgan fingerprint density at radius 1 is 1.04 bits per heavy atom. The Morgan fingerprint density at radius 2 is 1.70 bits per heavy atom. The lowest BCUT2D eigenvalue weighted by Gasteiger charge is -2.03. The fourth-order valence-corrected chi connectivity index (χ4v) is 2.12. The summed E-state index contributed by atoms with van der Waals surface area (Å²) in [5, 5.41) is 25.9. The minimum atomic E-state index is -4.44. The third kappa shape index (κ3) is 3.81. The Morgan fingerprint density at radius 3 is 2.30 bits per heavy atom. The third-order valence-corrected chi connectivity index (χ3v) is 3.64. The van der Waals surface area contributed by atoms with Crippen molar-refractivity contribution in [3.63, 3.8) is 0 Å². The van der Waals surface area contributed by atoms with Gasteiger partial charge in [-0.15, -0.1) is 10.2 Å². The number of aromatic carboxylic acids is 1. The van der Waals surface area contributed by atoms with Gasteiger partial charge >= 0.3 is 5.97 Å². The van der Waals surface area contributed by atoms with E-state index in [1.807, 2.05) is 0 Å². The van der Waals surface area contributed by atoms with Crippen LogP contribution in [0.2, 0.25) is 0 Å². The minimum absolute atomic E-state index is 0.0692. The molecule has 0 saturated heterocycles. The van der Waals surface area contributed by atoms with Crippen LogP contribution in [0.1, 0.15) is 10.4 Å². The van der Waals surface area contributed by atoms with Crippen LogP contribution < -0.4 is 5.73 Å². The van der Waals surface area contributed by atoms with Gasteiger partial charge in [-0.25, -0.2) is 4.79 Å². The first-order valence-electron chi connectivity index (χ1n) is 6.03. The molecule has 2 aromatic carbocycles. The molecule has 0 bridgehead atoms. The van der Waals surface area contributed by atoms with Gasteiger partial charge in [0.2, 0.25) is 0 Å². The highest BCUT2D eigenvalue weighted by Gasteiger charge is 2.12. The summed E-state index contributed by atoms with van der Waals surface area (Å²) in [4.78, 5) is 10.5. The summed E-state index contributed by atoms with van der Waals surface area (Å²) in [5.41, 5.74) is 5.38. The van der Waals surface area contributed by atoms with Crippen LogP contribution >= 0.6 is 0 Å². The van der Waals surface area contributed by atoms with E-state index in [-0.39, 0.29) is 28.4 Å². The van der Waals surface area contributed by atoms with Crippen LogP contribution in [0.4, 0.5) is 17.1 Å². The first-order chi connectivity index (χ1) is 10.7. The quantitative estimate of drug-likeness (QED) is 0.378. The molecule has 9 nitrogen and oxygen atoms in total. The molecule has 0 aliphatic heterocycles. The van der Waals surface area contributed by atoms with Gasteiger partial charge in [-0.2, -0.15) is 8.42 Å². The van der Waals surface area contributed by atoms with Crippen LogP contribution in [0.5, 0.6) is 5.75 Å². The summed E-state index contributed by atoms with van der Waals surface area (Å²) in [7, 11) is -4.44. The van der Waals surface area contributed by atoms with Gasteiger partial charge in [0.1, 0.15) is 17.1 Å². The number of carboxylic acids is 1. The van der Waals surface area contributed by atoms with Crippen LogP contribution in [-0.2, 0) is 10.1 Å². The van der Waals surface area contributed by atoms with Crippen molar-refractivity contribution < 1.29 is 28.0 Å². The lowest BCUT2D eigenvalue weighted by atomic mass is 10.2. The molecule has 0 unspecified atom stereocenters. The number of nitrogens with zero attached hydrogens (tertiary/aromatic N) is 2. The van der Waals surface area contributed by atoms with Gasteiger partial charge in [-0.05, 0) is 36.4 Å². The molecule has 0 aliphatic carbocycles. The van der Waals surface area contributed by atoms with E-state index >= 15 is 0 Å². The first-order valence-corrected chi connectivity index (χ1v) is 7.47. The summed E-state index contributed by atoms with van der Waals surface area (Å²) in [5.74, 6) is -1.53. The Bertz CT molecular complexity index is 908. The molecule has 0 fully saturated rings. The molecule has 5 N–H and O–H groups in total. The summed E-state index contributed by atoms with van der Waals surface area (Å²) in [6.07, 6.45) is 0. The topological polar surface area (TPSA) is 163 Å². The van der Waals surface area contributed by atoms with Crippen molar-refractivity contribution in [2.45, 2.75) is 4.90 Å². The number of nitrogens with two attached hydrogens (primary N) is 1. The molecule has 0 heterocycles. The number of carbonyl (C=O) groups is 1. The number of hydrogen-bond acceptors (Lipinski definition) is 7. The largest absolute Gasteiger partial charge is 0.506 e. The number of hydrogen-bond donors (Lipinski definition) is 4. The van der Waals surface area contributed by atoms with Gasteiger partial charge in [0.25, 0.3) is 10.1 Å². The second-order valence-corrected chi connectivity index (χ2v) is 5.83. The SMILES string of the molecule is Nc1ccc(S(=O)(=O)O)cc1N=Nc1cc(C(=O)O)ccc1O. The molecule has 2 aromatic rings. The lowest BCUT2D eigenvalue weighted by molar-refractivity contribution is 0.0697. The Labute approximate surface area is 130 Å². The molecule has 120 valence electrons. The van der Waals surface area contributed by atoms with Gasteiger partial charge in [-0.1, -0.05) is 0 Å². The van der Waals surface area contributed by atoms with E-state index in [1.165, 1.54) is 12.1 Å². The molecule has 0 aromatic heterocycles. The van der Waals surface area contributed by atoms with E-state index in [0.717, 1.165) is 24.3 Å². The van der Waals surface area contributed by atoms with Crippen molar-refractivity contribution in [1.29, 1.82) is 0 Å². The molecule has 0 amide bonds. The van der Waals surface area contributed by atoms with Crippen LogP contribution in [0.25, 0.3) is 0 Å². The van der Waals surface area contributed by atoms with E-state index in [2.05, 4.69) is 10.2 Å². The number of nitrogen functional groups attached to an aromatic ring is 1. The summed E-state index contributed by atoms with van der Waals surface area (Å²) in [6, 6.07) is 6.70. The third-order valence-electron chi connectivity index (χ3n) is 2.79. The van der Waals surface area contributed by atoms with Gasteiger partial charge in [0.15, 0.2) is 0 Å². The van der Waals surface area contributed by atoms with Crippen LogP contribution in [0.3, 0.4) is 0 Å². The summed E-state index contributed by atoms with van der Waals surface area (Å²) < 4.78 is 31.1. The zero-order valence-corrected chi connectivity index (χ0v) is 12.2. The summed E-state index contributed by atoms with van der Waals surface area (Å²) >= 11 is 0. The molecule has 0 spiro atoms. The fraction of sp³-hybridized carbons (Fsp3) is 0. The minimum Gasteiger partial charge on any atom is -0.506 e. The molecule has 0 aliphatic rings. The zero-order chi connectivity index (χ0) is 17.2. The molecule has 23 heavy (non-hydrogen) atoms. The van der Waals surface area contributed by atoms with Crippen LogP contribution in [-0.4, -0.2) is 29.2 Å². The van der Waals surface area contributed by atoms with E-state index < -0.39 is 21.0 Å². The molecule has 0 radical (unpaired) electrons. The maximum atomic E-state index is 11.1. The maximum Gasteiger partial charge on any atom is 0.335 e. The highest BCUT2D eigenvalue weighted by molar-refractivity contribution is 7.85. The van der Waals surface area contributed by atoms with Crippen LogP contribution in [0, 0.1) is 0 Å². The van der Waals surface area contributed by atoms with Crippen molar-refractivity contribution in [3.8, 4) is 5.75 Å². The van der Waals surface area contributed by atoms with Crippen LogP contribution in [0.15, 0.2) is 51.5 Å². The number of anilines is 1. The summed E-state index contributed by atoms with van der Waals surface area (Å²) in [6.45, 7) is 0. The Hall–Kier alpha value is -2.98. The predicted octanol–water partition coefficient (Wildman–Crippen LogP) is 2.33. The monoisotopic (exact) mass is 337 g/mol. The average molecular weight is 337 g/mol. The number of azo groups is 1. The molecular weight excluding hydrogens is 326 g/mol. The second-order valence-electron chi connectivity index (χ2n) is 4.40. The van der Waals surface area contributed by atoms with Crippen molar-refractivity contribution in [1.82, 2.24) is 0 Å². The number of phenols is 1. The number of carboxylic acid groups (broad SMARTS) is 1. The molecule has 2 rings (SSSR count). The van der Waals surface area contributed by atoms with Crippen molar-refractivity contribution in [2.75, 3.05) is 5.73 Å². The molecule has 0 atom stereocenters. The molecule has 0 saturated carbocycles. The Balaban J connectivity index is 2.45. The van der Waals surface area contributed by atoms with Gasteiger partial charge < -0.3 is 15.9 Å². The van der Waals surface area contributed by atoms with Gasteiger partial charge in [0, 0.05) is 0 Å². The van der Waals surface area contributed by atoms with E-state index in [0.29, 0.717) is 0 Å². The Kier molecular flexibility index (Phi) is 4.29. The predicted molar refractivity (Wildman–Crippen MR) is 79.9 cm³/mol. The van der Waals surface area contributed by atoms with Crippen molar-refractivity contribution >= 4 is 33.1 Å². The number of rotatable bonds is 4. The van der Waals surface area contributed by atoms with E-state index in [9.17, 15) is 18.3 Å². The normalized spacial score (nSPS) is 11.7. The standard InChI is InChI=1S/C13H11N3O6S/c14-9-3-2-8(23(20,21)22)6-10(9)15-16-11-5-7(13(18)19)1-4-12(11)17/h1-6,17H,14H2,(H,18,19)(H,20,21,22). The van der Waals surface area contributed by atoms with Gasteiger partial charge in [-0.3, -0.25) is 4.55 Å². The van der Waals surface area contributed by atoms with E-state index in [4.69, 9.17) is 15.4 Å². The smallest absolute Gasteiger partial charge is 0.335 e. The number of aromatic hydroxyl groups is 1. The zero-order valence-electron chi connectivity index (χ0n) is 11.4. The van der Waals surface area contributed by atoms with E-state index in [1.54, 1.807) is 0 Å². The highest BCUT2D eigenvalue weighted by atomic mass is 32.2. The fourth-order valence-electron chi connectivity index (χ4n) is 1.61. The van der Waals surface area contributed by atoms with Gasteiger partial charge in [0.05, 0.1) is 16.1 Å².